The van der Waals surface area contributed by atoms with E-state index in [1.807, 2.05) is 5.32 Å². The van der Waals surface area contributed by atoms with Gasteiger partial charge in [-0.1, -0.05) is 13.8 Å². The number of carboxylic acids is 2. The Bertz CT molecular complexity index is 261. The minimum absolute atomic E-state index is 0.360. The molecule has 0 heterocycles. The van der Waals surface area contributed by atoms with Crippen molar-refractivity contribution >= 4 is 57.8 Å². The van der Waals surface area contributed by atoms with Crippen molar-refractivity contribution in [2.45, 2.75) is 19.9 Å². The zero-order valence-corrected chi connectivity index (χ0v) is 14.2. The molecule has 1 amide bonds. The monoisotopic (exact) mass is 494 g/mol. The predicted octanol–water partition coefficient (Wildman–Crippen LogP) is 1.07. The SMILES string of the molecule is CC(C)C(NC(=O)C(=O)O)C(=O)O.[I][V][I]. The van der Waals surface area contributed by atoms with Crippen LogP contribution in [0.1, 0.15) is 13.8 Å². The van der Waals surface area contributed by atoms with Crippen LogP contribution < -0.4 is 5.32 Å². The van der Waals surface area contributed by atoms with Crippen molar-refractivity contribution < 1.29 is 34.1 Å². The van der Waals surface area contributed by atoms with Gasteiger partial charge in [-0.15, -0.1) is 0 Å². The third-order valence-corrected chi connectivity index (χ3v) is 1.41. The van der Waals surface area contributed by atoms with Gasteiger partial charge in [-0.2, -0.15) is 0 Å². The summed E-state index contributed by atoms with van der Waals surface area (Å²) in [5, 5.41) is 18.6. The summed E-state index contributed by atoms with van der Waals surface area (Å²) < 4.78 is 0. The van der Waals surface area contributed by atoms with Crippen molar-refractivity contribution in [2.24, 2.45) is 5.92 Å². The van der Waals surface area contributed by atoms with E-state index in [0.717, 1.165) is 0 Å². The Morgan fingerprint density at radius 2 is 1.56 bits per heavy atom. The van der Waals surface area contributed by atoms with Crippen LogP contribution in [0.5, 0.6) is 0 Å². The zero-order chi connectivity index (χ0) is 13.3. The van der Waals surface area contributed by atoms with E-state index >= 15 is 0 Å². The van der Waals surface area contributed by atoms with E-state index in [1.165, 1.54) is 0 Å². The molecule has 0 bridgehead atoms. The van der Waals surface area contributed by atoms with Gasteiger partial charge < -0.3 is 15.5 Å². The Morgan fingerprint density at radius 1 is 1.19 bits per heavy atom. The molecule has 16 heavy (non-hydrogen) atoms. The molecule has 0 saturated carbocycles. The molecule has 0 rings (SSSR count). The first-order chi connectivity index (χ1) is 7.27. The summed E-state index contributed by atoms with van der Waals surface area (Å²) in [6.45, 7) is 3.14. The summed E-state index contributed by atoms with van der Waals surface area (Å²) in [7, 11) is 0.628. The first-order valence-electron chi connectivity index (χ1n) is 3.96. The molecule has 0 aromatic rings. The van der Waals surface area contributed by atoms with Crippen LogP contribution in [0.25, 0.3) is 0 Å². The summed E-state index contributed by atoms with van der Waals surface area (Å²) in [6.07, 6.45) is 0. The second kappa shape index (κ2) is 10.6. The van der Waals surface area contributed by atoms with Crippen LogP contribution in [-0.2, 0) is 23.8 Å². The normalized spacial score (nSPS) is 10.8. The number of aliphatic carboxylic acids is 2. The van der Waals surface area contributed by atoms with Crippen LogP contribution in [0.2, 0.25) is 0 Å². The minimum atomic E-state index is -1.69. The van der Waals surface area contributed by atoms with Crippen LogP contribution in [0.3, 0.4) is 0 Å². The van der Waals surface area contributed by atoms with Gasteiger partial charge in [-0.25, -0.2) is 9.59 Å². The fraction of sp³-hybridized carbons (Fsp3) is 0.571. The number of nitrogens with one attached hydrogen (secondary N) is 1. The molecular formula is C7H11I2NO5V. The predicted molar refractivity (Wildman–Crippen MR) is 70.1 cm³/mol. The summed E-state index contributed by atoms with van der Waals surface area (Å²) in [6, 6.07) is -1.16. The van der Waals surface area contributed by atoms with Gasteiger partial charge in [0, 0.05) is 0 Å². The first kappa shape index (κ1) is 18.8. The number of carbonyl (C=O) groups excluding carboxylic acids is 1. The molecule has 93 valence electrons. The average molecular weight is 494 g/mol. The second-order valence-electron chi connectivity index (χ2n) is 2.90. The van der Waals surface area contributed by atoms with Crippen LogP contribution in [0.15, 0.2) is 0 Å². The van der Waals surface area contributed by atoms with Gasteiger partial charge in [-0.05, 0) is 5.92 Å². The van der Waals surface area contributed by atoms with E-state index in [9.17, 15) is 14.4 Å². The van der Waals surface area contributed by atoms with Gasteiger partial charge in [0.05, 0.1) is 0 Å². The summed E-state index contributed by atoms with van der Waals surface area (Å²) in [4.78, 5) is 31.2. The molecule has 0 aliphatic carbocycles. The van der Waals surface area contributed by atoms with E-state index in [0.29, 0.717) is 9.47 Å². The van der Waals surface area contributed by atoms with Crippen molar-refractivity contribution in [2.75, 3.05) is 0 Å². The van der Waals surface area contributed by atoms with Gasteiger partial charge in [0.25, 0.3) is 0 Å². The number of carbonyl (C=O) groups is 3. The van der Waals surface area contributed by atoms with Gasteiger partial charge in [0.2, 0.25) is 0 Å². The molecule has 0 saturated heterocycles. The van der Waals surface area contributed by atoms with E-state index < -0.39 is 23.9 Å². The van der Waals surface area contributed by atoms with Gasteiger partial charge in [0.15, 0.2) is 0 Å². The van der Waals surface area contributed by atoms with Crippen LogP contribution in [-0.4, -0.2) is 34.1 Å². The van der Waals surface area contributed by atoms with Crippen molar-refractivity contribution in [3.8, 4) is 0 Å². The average Bonchev–Trinajstić information content (AvgIpc) is 2.13. The number of halogens is 2. The molecule has 6 nitrogen and oxygen atoms in total. The number of hydrogen-bond donors (Lipinski definition) is 3. The maximum atomic E-state index is 10.6. The Hall–Kier alpha value is 0.454. The van der Waals surface area contributed by atoms with Crippen molar-refractivity contribution in [1.82, 2.24) is 5.32 Å². The van der Waals surface area contributed by atoms with Crippen molar-refractivity contribution in [1.29, 1.82) is 0 Å². The molecule has 1 atom stereocenters. The number of amides is 1. The van der Waals surface area contributed by atoms with Crippen LogP contribution in [0, 0.1) is 5.92 Å². The Morgan fingerprint density at radius 3 is 1.75 bits per heavy atom. The third-order valence-electron chi connectivity index (χ3n) is 1.41. The van der Waals surface area contributed by atoms with Crippen molar-refractivity contribution in [3.63, 3.8) is 0 Å². The Labute approximate surface area is 122 Å². The van der Waals surface area contributed by atoms with Crippen LogP contribution >= 0.6 is 40.0 Å². The summed E-state index contributed by atoms with van der Waals surface area (Å²) in [5.74, 6) is -4.60. The molecule has 1 unspecified atom stereocenters. The number of carboxylic acid groups (broad SMARTS) is 2. The van der Waals surface area contributed by atoms with Gasteiger partial charge >= 0.3 is 67.3 Å². The molecular weight excluding hydrogens is 483 g/mol. The Kier molecular flexibility index (Phi) is 12.5. The fourth-order valence-electron chi connectivity index (χ4n) is 0.717. The molecule has 0 aliphatic heterocycles. The molecule has 0 fully saturated rings. The van der Waals surface area contributed by atoms with E-state index in [-0.39, 0.29) is 5.92 Å². The topological polar surface area (TPSA) is 104 Å². The number of rotatable bonds is 3. The second-order valence-corrected chi connectivity index (χ2v) is 14.7. The standard InChI is InChI=1S/C7H11NO5.2HI.V/c1-3(2)4(6(10)11)8-5(9)7(12)13;;;/h3-4H,1-2H3,(H,8,9)(H,10,11)(H,12,13);2*1H;/q;;;+2/p-2. The molecule has 3 N–H and O–H groups in total. The summed E-state index contributed by atoms with van der Waals surface area (Å²) in [5.41, 5.74) is 0. The number of hydrogen-bond acceptors (Lipinski definition) is 3. The zero-order valence-electron chi connectivity index (χ0n) is 8.48. The molecule has 0 radical (unpaired) electrons. The van der Waals surface area contributed by atoms with E-state index in [4.69, 9.17) is 10.2 Å². The molecule has 0 spiro atoms. The quantitative estimate of drug-likeness (QED) is 0.403. The molecule has 9 heteroatoms. The third kappa shape index (κ3) is 9.66. The Balaban J connectivity index is 0. The van der Waals surface area contributed by atoms with Crippen molar-refractivity contribution in [3.05, 3.63) is 0 Å². The van der Waals surface area contributed by atoms with Crippen LogP contribution in [0.4, 0.5) is 0 Å². The first-order valence-corrected chi connectivity index (χ1v) is 13.0. The van der Waals surface area contributed by atoms with E-state index in [1.54, 1.807) is 13.8 Å². The molecule has 0 aliphatic rings. The van der Waals surface area contributed by atoms with Gasteiger partial charge in [0.1, 0.15) is 6.04 Å². The molecule has 0 aromatic carbocycles. The van der Waals surface area contributed by atoms with Gasteiger partial charge in [-0.3, -0.25) is 4.79 Å². The molecule has 0 aromatic heterocycles. The fourth-order valence-corrected chi connectivity index (χ4v) is 0.717. The maximum absolute atomic E-state index is 10.6. The van der Waals surface area contributed by atoms with E-state index in [2.05, 4.69) is 40.0 Å². The summed E-state index contributed by atoms with van der Waals surface area (Å²) >= 11 is 4.74.